The van der Waals surface area contributed by atoms with Crippen molar-refractivity contribution >= 4 is 11.6 Å². The number of hydrogen-bond donors (Lipinski definition) is 1. The number of hydrogen-bond acceptors (Lipinski definition) is 2. The van der Waals surface area contributed by atoms with Crippen LogP contribution in [-0.2, 0) is 11.3 Å². The zero-order chi connectivity index (χ0) is 11.3. The van der Waals surface area contributed by atoms with Gasteiger partial charge in [0.1, 0.15) is 5.82 Å². The second kappa shape index (κ2) is 6.05. The summed E-state index contributed by atoms with van der Waals surface area (Å²) in [5.74, 6) is -0.311. The summed E-state index contributed by atoms with van der Waals surface area (Å²) in [6.45, 7) is 3.27. The molecule has 0 aliphatic carbocycles. The molecule has 2 nitrogen and oxygen atoms in total. The van der Waals surface area contributed by atoms with Crippen LogP contribution in [0.25, 0.3) is 0 Å². The Morgan fingerprint density at radius 2 is 2.27 bits per heavy atom. The molecule has 0 heterocycles. The largest absolute Gasteiger partial charge is 0.383 e. The lowest BCUT2D eigenvalue weighted by molar-refractivity contribution is 0.171. The van der Waals surface area contributed by atoms with E-state index in [0.29, 0.717) is 18.2 Å². The zero-order valence-corrected chi connectivity index (χ0v) is 9.64. The Kier molecular flexibility index (Phi) is 5.02. The van der Waals surface area contributed by atoms with Gasteiger partial charge in [-0.3, -0.25) is 0 Å². The first-order valence-corrected chi connectivity index (χ1v) is 5.17. The van der Waals surface area contributed by atoms with Crippen molar-refractivity contribution in [3.05, 3.63) is 34.6 Å². The molecule has 1 aromatic carbocycles. The molecule has 0 radical (unpaired) electrons. The minimum Gasteiger partial charge on any atom is -0.383 e. The molecule has 84 valence electrons. The monoisotopic (exact) mass is 231 g/mol. The molecule has 15 heavy (non-hydrogen) atoms. The van der Waals surface area contributed by atoms with Crippen LogP contribution in [0.4, 0.5) is 4.39 Å². The number of halogens is 2. The van der Waals surface area contributed by atoms with E-state index in [9.17, 15) is 4.39 Å². The predicted molar refractivity (Wildman–Crippen MR) is 59.6 cm³/mol. The van der Waals surface area contributed by atoms with Gasteiger partial charge in [-0.05, 0) is 24.6 Å². The summed E-state index contributed by atoms with van der Waals surface area (Å²) in [6, 6.07) is 4.66. The standard InChI is InChI=1S/C11H15ClFNO/c1-8(7-15-2)14-6-9-3-4-10(13)5-11(9)12/h3-5,8,14H,6-7H2,1-2H3. The fourth-order valence-electron chi connectivity index (χ4n) is 1.26. The van der Waals surface area contributed by atoms with Crippen molar-refractivity contribution in [2.75, 3.05) is 13.7 Å². The first kappa shape index (κ1) is 12.4. The van der Waals surface area contributed by atoms with Crippen molar-refractivity contribution in [1.29, 1.82) is 0 Å². The summed E-state index contributed by atoms with van der Waals surface area (Å²) < 4.78 is 17.7. The van der Waals surface area contributed by atoms with Crippen molar-refractivity contribution < 1.29 is 9.13 Å². The van der Waals surface area contributed by atoms with Crippen molar-refractivity contribution in [3.8, 4) is 0 Å². The molecule has 0 aliphatic heterocycles. The number of nitrogens with one attached hydrogen (secondary N) is 1. The van der Waals surface area contributed by atoms with Gasteiger partial charge in [-0.2, -0.15) is 0 Å². The van der Waals surface area contributed by atoms with Gasteiger partial charge in [-0.25, -0.2) is 4.39 Å². The quantitative estimate of drug-likeness (QED) is 0.841. The van der Waals surface area contributed by atoms with E-state index in [2.05, 4.69) is 5.32 Å². The highest BCUT2D eigenvalue weighted by molar-refractivity contribution is 6.31. The molecule has 0 fully saturated rings. The van der Waals surface area contributed by atoms with E-state index in [1.807, 2.05) is 6.92 Å². The Morgan fingerprint density at radius 1 is 1.53 bits per heavy atom. The summed E-state index contributed by atoms with van der Waals surface area (Å²) in [4.78, 5) is 0. The maximum atomic E-state index is 12.7. The van der Waals surface area contributed by atoms with Crippen LogP contribution in [0, 0.1) is 5.82 Å². The van der Waals surface area contributed by atoms with E-state index < -0.39 is 0 Å². The third kappa shape index (κ3) is 4.16. The van der Waals surface area contributed by atoms with Gasteiger partial charge >= 0.3 is 0 Å². The molecule has 0 saturated heterocycles. The molecule has 1 aromatic rings. The molecule has 1 atom stereocenters. The summed E-state index contributed by atoms with van der Waals surface area (Å²) in [6.07, 6.45) is 0. The lowest BCUT2D eigenvalue weighted by Crippen LogP contribution is -2.29. The van der Waals surface area contributed by atoms with E-state index in [1.165, 1.54) is 12.1 Å². The first-order chi connectivity index (χ1) is 7.13. The maximum absolute atomic E-state index is 12.7. The van der Waals surface area contributed by atoms with E-state index in [4.69, 9.17) is 16.3 Å². The van der Waals surface area contributed by atoms with Crippen LogP contribution < -0.4 is 5.32 Å². The summed E-state index contributed by atoms with van der Waals surface area (Å²) in [5, 5.41) is 3.68. The molecular weight excluding hydrogens is 217 g/mol. The number of rotatable bonds is 5. The Morgan fingerprint density at radius 3 is 2.87 bits per heavy atom. The van der Waals surface area contributed by atoms with Crippen LogP contribution in [0.3, 0.4) is 0 Å². The minimum absolute atomic E-state index is 0.246. The summed E-state index contributed by atoms with van der Waals surface area (Å²) >= 11 is 5.88. The van der Waals surface area contributed by atoms with Gasteiger partial charge in [0, 0.05) is 24.7 Å². The highest BCUT2D eigenvalue weighted by atomic mass is 35.5. The van der Waals surface area contributed by atoms with Crippen LogP contribution in [0.2, 0.25) is 5.02 Å². The smallest absolute Gasteiger partial charge is 0.124 e. The van der Waals surface area contributed by atoms with Crippen molar-refractivity contribution in [2.24, 2.45) is 0 Å². The van der Waals surface area contributed by atoms with Crippen LogP contribution in [0.5, 0.6) is 0 Å². The molecular formula is C11H15ClFNO. The zero-order valence-electron chi connectivity index (χ0n) is 8.89. The molecule has 0 spiro atoms. The Balaban J connectivity index is 2.50. The fraction of sp³-hybridized carbons (Fsp3) is 0.455. The first-order valence-electron chi connectivity index (χ1n) is 4.79. The lowest BCUT2D eigenvalue weighted by atomic mass is 10.2. The van der Waals surface area contributed by atoms with Crippen LogP contribution >= 0.6 is 11.6 Å². The molecule has 0 amide bonds. The minimum atomic E-state index is -0.311. The number of ether oxygens (including phenoxy) is 1. The Hall–Kier alpha value is -0.640. The van der Waals surface area contributed by atoms with Gasteiger partial charge in [0.25, 0.3) is 0 Å². The van der Waals surface area contributed by atoms with E-state index >= 15 is 0 Å². The normalized spacial score (nSPS) is 12.8. The van der Waals surface area contributed by atoms with Gasteiger partial charge in [0.15, 0.2) is 0 Å². The average Bonchev–Trinajstić information content (AvgIpc) is 2.17. The number of benzene rings is 1. The molecule has 0 bridgehead atoms. The van der Waals surface area contributed by atoms with Crippen LogP contribution in [0.1, 0.15) is 12.5 Å². The highest BCUT2D eigenvalue weighted by Gasteiger charge is 2.04. The van der Waals surface area contributed by atoms with Gasteiger partial charge in [-0.15, -0.1) is 0 Å². The molecule has 4 heteroatoms. The molecule has 1 unspecified atom stereocenters. The number of methoxy groups -OCH3 is 1. The molecule has 1 rings (SSSR count). The second-order valence-electron chi connectivity index (χ2n) is 3.47. The van der Waals surface area contributed by atoms with E-state index in [-0.39, 0.29) is 11.9 Å². The van der Waals surface area contributed by atoms with Gasteiger partial charge in [0.05, 0.1) is 6.61 Å². The van der Waals surface area contributed by atoms with Crippen LogP contribution in [0.15, 0.2) is 18.2 Å². The predicted octanol–water partition coefficient (Wildman–Crippen LogP) is 2.60. The molecule has 0 saturated carbocycles. The molecule has 0 aliphatic rings. The third-order valence-corrected chi connectivity index (χ3v) is 2.42. The van der Waals surface area contributed by atoms with Crippen molar-refractivity contribution in [2.45, 2.75) is 19.5 Å². The second-order valence-corrected chi connectivity index (χ2v) is 3.88. The maximum Gasteiger partial charge on any atom is 0.124 e. The van der Waals surface area contributed by atoms with Gasteiger partial charge < -0.3 is 10.1 Å². The summed E-state index contributed by atoms with van der Waals surface area (Å²) in [5.41, 5.74) is 0.890. The Labute approximate surface area is 94.4 Å². The van der Waals surface area contributed by atoms with E-state index in [0.717, 1.165) is 5.56 Å². The topological polar surface area (TPSA) is 21.3 Å². The van der Waals surface area contributed by atoms with Crippen molar-refractivity contribution in [1.82, 2.24) is 5.32 Å². The highest BCUT2D eigenvalue weighted by Crippen LogP contribution is 2.16. The molecule has 0 aromatic heterocycles. The fourth-order valence-corrected chi connectivity index (χ4v) is 1.49. The average molecular weight is 232 g/mol. The third-order valence-electron chi connectivity index (χ3n) is 2.07. The SMILES string of the molecule is COCC(C)NCc1ccc(F)cc1Cl. The summed E-state index contributed by atoms with van der Waals surface area (Å²) in [7, 11) is 1.66. The Bertz CT molecular complexity index is 319. The van der Waals surface area contributed by atoms with Crippen LogP contribution in [-0.4, -0.2) is 19.8 Å². The van der Waals surface area contributed by atoms with Gasteiger partial charge in [0.2, 0.25) is 0 Å². The van der Waals surface area contributed by atoms with E-state index in [1.54, 1.807) is 13.2 Å². The van der Waals surface area contributed by atoms with Gasteiger partial charge in [-0.1, -0.05) is 17.7 Å². The van der Waals surface area contributed by atoms with Crippen molar-refractivity contribution in [3.63, 3.8) is 0 Å². The molecule has 1 N–H and O–H groups in total. The lowest BCUT2D eigenvalue weighted by Gasteiger charge is -2.13.